The van der Waals surface area contributed by atoms with Crippen LogP contribution in [0.3, 0.4) is 0 Å². The number of halogens is 10. The van der Waals surface area contributed by atoms with Crippen molar-refractivity contribution in [3.8, 4) is 0 Å². The van der Waals surface area contributed by atoms with Crippen LogP contribution in [0.15, 0.2) is 46.0 Å². The number of benzene rings is 2. The van der Waals surface area contributed by atoms with Crippen molar-refractivity contribution in [2.75, 3.05) is 7.05 Å². The largest absolute Gasteiger partial charge is 0.416 e. The van der Waals surface area contributed by atoms with Crippen LogP contribution in [0.2, 0.25) is 0 Å². The maximum atomic E-state index is 14.2. The van der Waals surface area contributed by atoms with Crippen LogP contribution >= 0.6 is 36.7 Å². The number of hydrogen-bond acceptors (Lipinski definition) is 5. The van der Waals surface area contributed by atoms with Crippen LogP contribution in [-0.2, 0) is 29.4 Å². The van der Waals surface area contributed by atoms with Crippen LogP contribution in [0.1, 0.15) is 27.8 Å². The predicted octanol–water partition coefficient (Wildman–Crippen LogP) is 6.17. The van der Waals surface area contributed by atoms with E-state index in [0.717, 1.165) is 0 Å². The van der Waals surface area contributed by atoms with E-state index in [0.29, 0.717) is 22.2 Å². The lowest BCUT2D eigenvalue weighted by molar-refractivity contribution is -0.143. The van der Waals surface area contributed by atoms with Crippen molar-refractivity contribution in [3.05, 3.63) is 68.7 Å². The molecule has 0 fully saturated rings. The highest BCUT2D eigenvalue weighted by atomic mass is 127. The van der Waals surface area contributed by atoms with E-state index in [2.05, 4.69) is 36.5 Å². The van der Waals surface area contributed by atoms with Crippen LogP contribution in [0.5, 0.6) is 0 Å². The molecule has 0 radical (unpaired) electrons. The van der Waals surface area contributed by atoms with Gasteiger partial charge in [-0.15, -0.1) is 10.2 Å². The SMILES string of the molecule is C=IC(F)(F)c1ccc(Br)c(CN(Cc2cc(C(F)(F)F)cc(C(F)(F)F)c2)C2=NNN(C)N2)c1. The fraction of sp³-hybridized carbons (Fsp3) is 0.300. The molecular weight excluding hydrogens is 669 g/mol. The van der Waals surface area contributed by atoms with Crippen LogP contribution in [0.4, 0.5) is 35.1 Å². The summed E-state index contributed by atoms with van der Waals surface area (Å²) >= 11 is 1.54. The molecule has 2 N–H and O–H groups in total. The van der Waals surface area contributed by atoms with Gasteiger partial charge in [0.2, 0.25) is 5.96 Å². The predicted molar refractivity (Wildman–Crippen MR) is 126 cm³/mol. The van der Waals surface area contributed by atoms with Gasteiger partial charge in [-0.3, -0.25) is 5.43 Å². The van der Waals surface area contributed by atoms with Gasteiger partial charge >= 0.3 is 16.3 Å². The summed E-state index contributed by atoms with van der Waals surface area (Å²) in [5.41, 5.74) is 2.09. The van der Waals surface area contributed by atoms with E-state index < -0.39 is 54.7 Å². The molecule has 0 spiro atoms. The van der Waals surface area contributed by atoms with Crippen LogP contribution < -0.4 is 11.0 Å². The van der Waals surface area contributed by atoms with E-state index in [4.69, 9.17) is 0 Å². The Balaban J connectivity index is 2.03. The molecule has 0 aliphatic carbocycles. The van der Waals surface area contributed by atoms with Crippen molar-refractivity contribution in [2.24, 2.45) is 5.10 Å². The highest BCUT2D eigenvalue weighted by Crippen LogP contribution is 2.40. The molecule has 1 aliphatic heterocycles. The molecule has 35 heavy (non-hydrogen) atoms. The van der Waals surface area contributed by atoms with Gasteiger partial charge < -0.3 is 4.90 Å². The lowest BCUT2D eigenvalue weighted by Crippen LogP contribution is -2.44. The van der Waals surface area contributed by atoms with Gasteiger partial charge in [0.15, 0.2) is 0 Å². The van der Waals surface area contributed by atoms with Crippen molar-refractivity contribution in [1.82, 2.24) is 21.0 Å². The highest BCUT2D eigenvalue weighted by Gasteiger charge is 2.37. The topological polar surface area (TPSA) is 42.9 Å². The van der Waals surface area contributed by atoms with E-state index >= 15 is 0 Å². The molecular formula is C20H17BrF8IN5. The van der Waals surface area contributed by atoms with Gasteiger partial charge in [-0.2, -0.15) is 35.1 Å². The maximum Gasteiger partial charge on any atom is 0.416 e. The first-order valence-electron chi connectivity index (χ1n) is 9.53. The van der Waals surface area contributed by atoms with Crippen LogP contribution in [0, 0.1) is 0 Å². The average molecular weight is 686 g/mol. The number of nitrogens with zero attached hydrogens (tertiary/aromatic N) is 3. The molecule has 0 unspecified atom stereocenters. The Hall–Kier alpha value is -2.01. The highest BCUT2D eigenvalue weighted by molar-refractivity contribution is 14.2. The normalized spacial score (nSPS) is 15.0. The van der Waals surface area contributed by atoms with E-state index in [9.17, 15) is 35.1 Å². The Morgan fingerprint density at radius 1 is 0.943 bits per heavy atom. The molecule has 0 saturated carbocycles. The van der Waals surface area contributed by atoms with Crippen LogP contribution in [0.25, 0.3) is 0 Å². The first-order chi connectivity index (χ1) is 16.1. The quantitative estimate of drug-likeness (QED) is 0.217. The third kappa shape index (κ3) is 6.81. The lowest BCUT2D eigenvalue weighted by atomic mass is 10.0. The summed E-state index contributed by atoms with van der Waals surface area (Å²) in [6.45, 7) is -0.609. The van der Waals surface area contributed by atoms with Crippen molar-refractivity contribution >= 4 is 47.1 Å². The second-order valence-corrected chi connectivity index (χ2v) is 10.4. The molecule has 0 saturated heterocycles. The van der Waals surface area contributed by atoms with Gasteiger partial charge in [0.1, 0.15) is 0 Å². The summed E-state index contributed by atoms with van der Waals surface area (Å²) in [5.74, 6) is 0.0621. The number of hydrogen-bond donors (Lipinski definition) is 2. The van der Waals surface area contributed by atoms with Gasteiger partial charge in [0, 0.05) is 30.2 Å². The molecule has 1 heterocycles. The zero-order chi connectivity index (χ0) is 26.2. The zero-order valence-electron chi connectivity index (χ0n) is 17.7. The fourth-order valence-electron chi connectivity index (χ4n) is 3.16. The Labute approximate surface area is 213 Å². The molecule has 2 aromatic carbocycles. The Morgan fingerprint density at radius 2 is 1.54 bits per heavy atom. The summed E-state index contributed by atoms with van der Waals surface area (Å²) < 4.78 is 109. The van der Waals surface area contributed by atoms with Gasteiger partial charge in [-0.05, 0) is 62.2 Å². The minimum atomic E-state index is -5.01. The summed E-state index contributed by atoms with van der Waals surface area (Å²) in [6.07, 6.45) is -10.0. The first-order valence-corrected chi connectivity index (χ1v) is 12.9. The summed E-state index contributed by atoms with van der Waals surface area (Å²) in [5, 5.41) is 5.26. The molecule has 1 aliphatic rings. The third-order valence-electron chi connectivity index (χ3n) is 4.80. The Kier molecular flexibility index (Phi) is 8.00. The van der Waals surface area contributed by atoms with Gasteiger partial charge in [-0.1, -0.05) is 26.5 Å². The van der Waals surface area contributed by atoms with Crippen LogP contribution in [-0.4, -0.2) is 27.5 Å². The molecule has 0 atom stereocenters. The second kappa shape index (κ2) is 10.2. The zero-order valence-corrected chi connectivity index (χ0v) is 21.5. The number of hydrazone groups is 1. The monoisotopic (exact) mass is 685 g/mol. The minimum absolute atomic E-state index is 0.0402. The standard InChI is InChI=1S/C20H17BrF8IN5/c1-30-20(28,29)13-3-4-16(21)12(7-13)10-35(17-31-33-34(2)32-17)9-11-5-14(18(22,23)24)8-15(6-11)19(25,26)27/h3-8,33H,1,9-10H2,2H3,(H,31,32). The number of guanidine groups is 1. The number of rotatable bonds is 6. The van der Waals surface area contributed by atoms with E-state index in [1.54, 1.807) is 0 Å². The second-order valence-electron chi connectivity index (χ2n) is 7.41. The van der Waals surface area contributed by atoms with E-state index in [1.165, 1.54) is 35.3 Å². The van der Waals surface area contributed by atoms with Crippen molar-refractivity contribution in [1.29, 1.82) is 0 Å². The maximum absolute atomic E-state index is 14.2. The summed E-state index contributed by atoms with van der Waals surface area (Å²) in [4.78, 5) is 1.33. The van der Waals surface area contributed by atoms with E-state index in [-0.39, 0.29) is 29.7 Å². The number of nitrogens with one attached hydrogen (secondary N) is 2. The van der Waals surface area contributed by atoms with E-state index in [1.807, 2.05) is 0 Å². The Morgan fingerprint density at radius 3 is 2.03 bits per heavy atom. The molecule has 15 heteroatoms. The smallest absolute Gasteiger partial charge is 0.332 e. The molecule has 2 aromatic rings. The molecule has 0 bridgehead atoms. The van der Waals surface area contributed by atoms with Gasteiger partial charge in [0.05, 0.1) is 11.1 Å². The lowest BCUT2D eigenvalue weighted by Gasteiger charge is -2.26. The molecule has 0 aromatic heterocycles. The molecule has 5 nitrogen and oxygen atoms in total. The summed E-state index contributed by atoms with van der Waals surface area (Å²) in [6, 6.07) is 5.12. The molecule has 3 rings (SSSR count). The van der Waals surface area contributed by atoms with Gasteiger partial charge in [0.25, 0.3) is 0 Å². The first kappa shape index (κ1) is 27.6. The van der Waals surface area contributed by atoms with Crippen molar-refractivity contribution in [3.63, 3.8) is 0 Å². The minimum Gasteiger partial charge on any atom is -0.332 e. The molecule has 192 valence electrons. The summed E-state index contributed by atoms with van der Waals surface area (Å²) in [7, 11) is 1.52. The fourth-order valence-corrected chi connectivity index (χ4v) is 4.30. The third-order valence-corrected chi connectivity index (χ3v) is 7.15. The molecule has 0 amide bonds. The van der Waals surface area contributed by atoms with Crippen molar-refractivity contribution < 1.29 is 35.1 Å². The number of alkyl halides is 9. The van der Waals surface area contributed by atoms with Gasteiger partial charge in [-0.25, -0.2) is 5.53 Å². The Bertz CT molecular complexity index is 1100. The van der Waals surface area contributed by atoms with Crippen molar-refractivity contribution in [2.45, 2.75) is 29.4 Å². The number of hydrazine groups is 2. The average Bonchev–Trinajstić information content (AvgIpc) is 3.19.